The Morgan fingerprint density at radius 2 is 1.71 bits per heavy atom. The number of phenols is 1. The molecule has 1 saturated heterocycles. The molecule has 1 aliphatic rings. The number of rotatable bonds is 6. The molecule has 0 bridgehead atoms. The second-order valence-electron chi connectivity index (χ2n) is 8.47. The minimum absolute atomic E-state index is 0.0534. The fourth-order valence-electron chi connectivity index (χ4n) is 3.84. The number of nitrogens with zero attached hydrogens (tertiary/aromatic N) is 1. The highest BCUT2D eigenvalue weighted by molar-refractivity contribution is 6.51. The van der Waals surface area contributed by atoms with E-state index in [1.54, 1.807) is 36.4 Å². The van der Waals surface area contributed by atoms with Crippen molar-refractivity contribution in [1.82, 2.24) is 0 Å². The van der Waals surface area contributed by atoms with E-state index in [0.29, 0.717) is 29.5 Å². The lowest BCUT2D eigenvalue weighted by Crippen LogP contribution is -2.29. The molecule has 3 aromatic carbocycles. The van der Waals surface area contributed by atoms with Gasteiger partial charge in [-0.2, -0.15) is 0 Å². The van der Waals surface area contributed by atoms with Crippen LogP contribution in [-0.2, 0) is 9.59 Å². The number of phenolic OH excluding ortho intramolecular Hbond substituents is 1. The molecule has 1 fully saturated rings. The number of amides is 1. The molecule has 4 rings (SSSR count). The van der Waals surface area contributed by atoms with E-state index in [1.807, 2.05) is 13.8 Å². The molecule has 1 aliphatic heterocycles. The number of hydrogen-bond donors (Lipinski definition) is 2. The molecule has 6 nitrogen and oxygen atoms in total. The quantitative estimate of drug-likeness (QED) is 0.300. The van der Waals surface area contributed by atoms with Crippen LogP contribution >= 0.6 is 0 Å². The first kappa shape index (κ1) is 23.0. The van der Waals surface area contributed by atoms with Crippen molar-refractivity contribution < 1.29 is 28.9 Å². The summed E-state index contributed by atoms with van der Waals surface area (Å²) in [6.07, 6.45) is 0. The second-order valence-corrected chi connectivity index (χ2v) is 8.47. The van der Waals surface area contributed by atoms with Crippen molar-refractivity contribution in [2.75, 3.05) is 11.5 Å². The first-order chi connectivity index (χ1) is 16.3. The molecule has 0 spiro atoms. The number of carbonyl (C=O) groups is 2. The summed E-state index contributed by atoms with van der Waals surface area (Å²) in [6, 6.07) is 16.9. The zero-order chi connectivity index (χ0) is 24.4. The standard InChI is InChI=1S/C27H24FNO5/c1-16(2)15-34-22-12-10-20(11-13-22)29-24(18-4-3-5-21(30)14-18)23(26(32)27(29)33)25(31)17-6-8-19(28)9-7-17/h3-14,16,24,30-31H,15H2,1-2H3/b25-23-. The van der Waals surface area contributed by atoms with Gasteiger partial charge in [0.05, 0.1) is 18.2 Å². The molecule has 34 heavy (non-hydrogen) atoms. The number of aromatic hydroxyl groups is 1. The maximum absolute atomic E-state index is 13.4. The van der Waals surface area contributed by atoms with E-state index in [4.69, 9.17) is 4.74 Å². The molecule has 0 aromatic heterocycles. The summed E-state index contributed by atoms with van der Waals surface area (Å²) in [7, 11) is 0. The van der Waals surface area contributed by atoms with E-state index in [9.17, 15) is 24.2 Å². The number of ether oxygens (including phenoxy) is 1. The van der Waals surface area contributed by atoms with Crippen molar-refractivity contribution in [1.29, 1.82) is 0 Å². The minimum Gasteiger partial charge on any atom is -0.508 e. The van der Waals surface area contributed by atoms with Gasteiger partial charge in [0.15, 0.2) is 0 Å². The van der Waals surface area contributed by atoms with Crippen molar-refractivity contribution in [3.63, 3.8) is 0 Å². The summed E-state index contributed by atoms with van der Waals surface area (Å²) in [6.45, 7) is 4.60. The number of hydrogen-bond acceptors (Lipinski definition) is 5. The number of Topliss-reactive ketones (excluding diaryl/α,β-unsaturated/α-hetero) is 1. The Morgan fingerprint density at radius 3 is 2.32 bits per heavy atom. The minimum atomic E-state index is -1.00. The molecule has 1 heterocycles. The van der Waals surface area contributed by atoms with E-state index < -0.39 is 29.3 Å². The van der Waals surface area contributed by atoms with E-state index in [0.717, 1.165) is 12.1 Å². The third-order valence-corrected chi connectivity index (χ3v) is 5.45. The smallest absolute Gasteiger partial charge is 0.300 e. The zero-order valence-corrected chi connectivity index (χ0v) is 18.7. The third kappa shape index (κ3) is 4.50. The van der Waals surface area contributed by atoms with Crippen molar-refractivity contribution in [3.05, 3.63) is 95.3 Å². The Kier molecular flexibility index (Phi) is 6.36. The average Bonchev–Trinajstić information content (AvgIpc) is 3.08. The number of ketones is 1. The van der Waals surface area contributed by atoms with Crippen molar-refractivity contribution >= 4 is 23.1 Å². The lowest BCUT2D eigenvalue weighted by atomic mass is 9.95. The lowest BCUT2D eigenvalue weighted by Gasteiger charge is -2.25. The summed E-state index contributed by atoms with van der Waals surface area (Å²) in [5.41, 5.74) is 0.901. The molecule has 3 aromatic rings. The van der Waals surface area contributed by atoms with Gasteiger partial charge in [-0.25, -0.2) is 4.39 Å². The van der Waals surface area contributed by atoms with Crippen LogP contribution in [-0.4, -0.2) is 28.5 Å². The lowest BCUT2D eigenvalue weighted by molar-refractivity contribution is -0.132. The van der Waals surface area contributed by atoms with Crippen molar-refractivity contribution in [2.24, 2.45) is 5.92 Å². The Morgan fingerprint density at radius 1 is 1.03 bits per heavy atom. The fraction of sp³-hybridized carbons (Fsp3) is 0.185. The van der Waals surface area contributed by atoms with Crippen LogP contribution in [0.4, 0.5) is 10.1 Å². The van der Waals surface area contributed by atoms with Gasteiger partial charge in [-0.3, -0.25) is 14.5 Å². The Balaban J connectivity index is 1.82. The van der Waals surface area contributed by atoms with Crippen LogP contribution in [0.1, 0.15) is 31.0 Å². The van der Waals surface area contributed by atoms with Gasteiger partial charge in [0, 0.05) is 11.3 Å². The maximum Gasteiger partial charge on any atom is 0.300 e. The van der Waals surface area contributed by atoms with E-state index >= 15 is 0 Å². The van der Waals surface area contributed by atoms with Crippen LogP contribution in [0.25, 0.3) is 5.76 Å². The highest BCUT2D eigenvalue weighted by Crippen LogP contribution is 2.43. The Hall–Kier alpha value is -4.13. The topological polar surface area (TPSA) is 87.1 Å². The number of anilines is 1. The molecule has 7 heteroatoms. The number of benzene rings is 3. The van der Waals surface area contributed by atoms with Gasteiger partial charge in [0.2, 0.25) is 0 Å². The van der Waals surface area contributed by atoms with Crippen LogP contribution in [0.15, 0.2) is 78.4 Å². The molecule has 1 atom stereocenters. The normalized spacial score (nSPS) is 17.4. The van der Waals surface area contributed by atoms with Crippen LogP contribution in [0.5, 0.6) is 11.5 Å². The summed E-state index contributed by atoms with van der Waals surface area (Å²) in [5, 5.41) is 21.1. The van der Waals surface area contributed by atoms with Gasteiger partial charge in [0.1, 0.15) is 23.1 Å². The summed E-state index contributed by atoms with van der Waals surface area (Å²) in [4.78, 5) is 27.5. The van der Waals surface area contributed by atoms with E-state index in [2.05, 4.69) is 0 Å². The predicted molar refractivity (Wildman–Crippen MR) is 126 cm³/mol. The SMILES string of the molecule is CC(C)COc1ccc(N2C(=O)C(=O)/C(=C(\O)c3ccc(F)cc3)C2c2cccc(O)c2)cc1. The molecule has 174 valence electrons. The van der Waals surface area contributed by atoms with Gasteiger partial charge in [-0.1, -0.05) is 26.0 Å². The first-order valence-corrected chi connectivity index (χ1v) is 10.8. The van der Waals surface area contributed by atoms with Gasteiger partial charge in [-0.15, -0.1) is 0 Å². The molecule has 0 saturated carbocycles. The molecule has 1 amide bonds. The second kappa shape index (κ2) is 9.39. The molecule has 2 N–H and O–H groups in total. The van der Waals surface area contributed by atoms with Crippen LogP contribution < -0.4 is 9.64 Å². The average molecular weight is 461 g/mol. The highest BCUT2D eigenvalue weighted by Gasteiger charge is 2.47. The highest BCUT2D eigenvalue weighted by atomic mass is 19.1. The van der Waals surface area contributed by atoms with Gasteiger partial charge >= 0.3 is 0 Å². The monoisotopic (exact) mass is 461 g/mol. The molecular formula is C27H24FNO5. The molecule has 0 aliphatic carbocycles. The summed E-state index contributed by atoms with van der Waals surface area (Å²) < 4.78 is 19.1. The largest absolute Gasteiger partial charge is 0.508 e. The number of aliphatic hydroxyl groups is 1. The molecule has 1 unspecified atom stereocenters. The summed E-state index contributed by atoms with van der Waals surface area (Å²) in [5.74, 6) is -1.72. The number of aliphatic hydroxyl groups excluding tert-OH is 1. The number of halogens is 1. The van der Waals surface area contributed by atoms with Crippen LogP contribution in [0.3, 0.4) is 0 Å². The van der Waals surface area contributed by atoms with Gasteiger partial charge in [0.25, 0.3) is 11.7 Å². The Labute approximate surface area is 196 Å². The van der Waals surface area contributed by atoms with Crippen LogP contribution in [0.2, 0.25) is 0 Å². The maximum atomic E-state index is 13.4. The van der Waals surface area contributed by atoms with E-state index in [1.165, 1.54) is 29.2 Å². The van der Waals surface area contributed by atoms with Crippen LogP contribution in [0, 0.1) is 11.7 Å². The molecular weight excluding hydrogens is 437 g/mol. The summed E-state index contributed by atoms with van der Waals surface area (Å²) >= 11 is 0. The number of carbonyl (C=O) groups excluding carboxylic acids is 2. The van der Waals surface area contributed by atoms with Crippen molar-refractivity contribution in [2.45, 2.75) is 19.9 Å². The van der Waals surface area contributed by atoms with E-state index in [-0.39, 0.29) is 16.9 Å². The molecule has 0 radical (unpaired) electrons. The Bertz CT molecular complexity index is 1250. The zero-order valence-electron chi connectivity index (χ0n) is 18.7. The third-order valence-electron chi connectivity index (χ3n) is 5.45. The van der Waals surface area contributed by atoms with Gasteiger partial charge < -0.3 is 14.9 Å². The predicted octanol–water partition coefficient (Wildman–Crippen LogP) is 5.19. The van der Waals surface area contributed by atoms with Crippen molar-refractivity contribution in [3.8, 4) is 11.5 Å². The fourth-order valence-corrected chi connectivity index (χ4v) is 3.84. The first-order valence-electron chi connectivity index (χ1n) is 10.8. The van der Waals surface area contributed by atoms with Gasteiger partial charge in [-0.05, 0) is 72.1 Å².